The van der Waals surface area contributed by atoms with Gasteiger partial charge in [-0.3, -0.25) is 4.40 Å². The summed E-state index contributed by atoms with van der Waals surface area (Å²) in [5, 5.41) is 0. The molecule has 0 bridgehead atoms. The lowest BCUT2D eigenvalue weighted by atomic mass is 10.0. The fourth-order valence-corrected chi connectivity index (χ4v) is 3.25. The fourth-order valence-electron chi connectivity index (χ4n) is 2.27. The number of nitrogens with two attached hydrogens (primary N) is 1. The van der Waals surface area contributed by atoms with E-state index in [0.717, 1.165) is 22.0 Å². The second kappa shape index (κ2) is 4.10. The summed E-state index contributed by atoms with van der Waals surface area (Å²) < 4.78 is 2.05. The van der Waals surface area contributed by atoms with Crippen molar-refractivity contribution >= 4 is 22.1 Å². The quantitative estimate of drug-likeness (QED) is 0.730. The summed E-state index contributed by atoms with van der Waals surface area (Å²) in [6, 6.07) is 6.36. The van der Waals surface area contributed by atoms with Crippen LogP contribution in [0.15, 0.2) is 18.2 Å². The number of thiazole rings is 1. The molecular formula is C15H17N3S. The number of nitrogen functional groups attached to an aromatic ring is 1. The Kier molecular flexibility index (Phi) is 2.64. The molecule has 0 aliphatic carbocycles. The summed E-state index contributed by atoms with van der Waals surface area (Å²) in [6.07, 6.45) is 0. The van der Waals surface area contributed by atoms with Crippen LogP contribution in [-0.2, 0) is 0 Å². The number of aryl methyl sites for hydroxylation is 4. The van der Waals surface area contributed by atoms with Crippen LogP contribution in [0.2, 0.25) is 0 Å². The van der Waals surface area contributed by atoms with Crippen LogP contribution in [0.1, 0.15) is 21.7 Å². The number of nitrogens with zero attached hydrogens (tertiary/aromatic N) is 2. The minimum atomic E-state index is 0.736. The standard InChI is InChI=1S/C15H17N3S/c1-8-5-6-12(7-9(8)2)13-14(16)18-10(3)11(4)19-15(18)17-13/h5-7H,16H2,1-4H3. The molecule has 3 rings (SSSR count). The second-order valence-electron chi connectivity index (χ2n) is 5.01. The van der Waals surface area contributed by atoms with Gasteiger partial charge in [-0.25, -0.2) is 4.98 Å². The van der Waals surface area contributed by atoms with Gasteiger partial charge in [0.1, 0.15) is 11.5 Å². The van der Waals surface area contributed by atoms with Gasteiger partial charge in [0.25, 0.3) is 0 Å². The van der Waals surface area contributed by atoms with Crippen molar-refractivity contribution in [2.24, 2.45) is 0 Å². The van der Waals surface area contributed by atoms with Crippen molar-refractivity contribution in [3.8, 4) is 11.3 Å². The number of anilines is 1. The first-order chi connectivity index (χ1) is 8.99. The summed E-state index contributed by atoms with van der Waals surface area (Å²) in [5.74, 6) is 0.736. The van der Waals surface area contributed by atoms with E-state index in [1.54, 1.807) is 11.3 Å². The van der Waals surface area contributed by atoms with E-state index in [9.17, 15) is 0 Å². The lowest BCUT2D eigenvalue weighted by Crippen LogP contribution is -1.96. The number of benzene rings is 1. The molecule has 19 heavy (non-hydrogen) atoms. The number of hydrogen-bond donors (Lipinski definition) is 1. The van der Waals surface area contributed by atoms with Crippen molar-refractivity contribution in [1.82, 2.24) is 9.38 Å². The number of imidazole rings is 1. The first-order valence-corrected chi connectivity index (χ1v) is 7.12. The Balaban J connectivity index is 2.25. The third kappa shape index (κ3) is 1.75. The Morgan fingerprint density at radius 1 is 1.11 bits per heavy atom. The third-order valence-electron chi connectivity index (χ3n) is 3.75. The zero-order valence-corrected chi connectivity index (χ0v) is 12.4. The molecule has 0 aliphatic heterocycles. The molecule has 1 aromatic carbocycles. The van der Waals surface area contributed by atoms with E-state index in [-0.39, 0.29) is 0 Å². The van der Waals surface area contributed by atoms with Gasteiger partial charge in [0, 0.05) is 16.1 Å². The third-order valence-corrected chi connectivity index (χ3v) is 4.81. The number of rotatable bonds is 1. The second-order valence-corrected chi connectivity index (χ2v) is 6.19. The van der Waals surface area contributed by atoms with E-state index in [4.69, 9.17) is 10.7 Å². The molecule has 2 N–H and O–H groups in total. The van der Waals surface area contributed by atoms with Gasteiger partial charge < -0.3 is 5.73 Å². The minimum absolute atomic E-state index is 0.736. The van der Waals surface area contributed by atoms with Crippen LogP contribution in [0.25, 0.3) is 16.2 Å². The summed E-state index contributed by atoms with van der Waals surface area (Å²) in [6.45, 7) is 8.41. The van der Waals surface area contributed by atoms with Crippen molar-refractivity contribution in [1.29, 1.82) is 0 Å². The van der Waals surface area contributed by atoms with E-state index in [1.807, 2.05) is 4.40 Å². The van der Waals surface area contributed by atoms with E-state index >= 15 is 0 Å². The lowest BCUT2D eigenvalue weighted by molar-refractivity contribution is 1.12. The maximum Gasteiger partial charge on any atom is 0.196 e. The van der Waals surface area contributed by atoms with E-state index in [0.29, 0.717) is 0 Å². The molecule has 0 radical (unpaired) electrons. The average molecular weight is 271 g/mol. The molecule has 2 heterocycles. The van der Waals surface area contributed by atoms with Crippen molar-refractivity contribution in [2.75, 3.05) is 5.73 Å². The molecule has 2 aromatic heterocycles. The highest BCUT2D eigenvalue weighted by molar-refractivity contribution is 7.17. The first-order valence-electron chi connectivity index (χ1n) is 6.30. The molecule has 4 heteroatoms. The molecule has 0 spiro atoms. The van der Waals surface area contributed by atoms with Crippen molar-refractivity contribution < 1.29 is 0 Å². The topological polar surface area (TPSA) is 43.3 Å². The first kappa shape index (κ1) is 12.2. The van der Waals surface area contributed by atoms with Crippen molar-refractivity contribution in [2.45, 2.75) is 27.7 Å². The van der Waals surface area contributed by atoms with Crippen LogP contribution < -0.4 is 5.73 Å². The van der Waals surface area contributed by atoms with Gasteiger partial charge in [0.15, 0.2) is 4.96 Å². The predicted molar refractivity (Wildman–Crippen MR) is 81.9 cm³/mol. The molecule has 98 valence electrons. The Morgan fingerprint density at radius 3 is 2.47 bits per heavy atom. The zero-order valence-electron chi connectivity index (χ0n) is 11.6. The summed E-state index contributed by atoms with van der Waals surface area (Å²) >= 11 is 1.69. The molecule has 3 aromatic rings. The minimum Gasteiger partial charge on any atom is -0.383 e. The van der Waals surface area contributed by atoms with Gasteiger partial charge in [0.2, 0.25) is 0 Å². The van der Waals surface area contributed by atoms with Gasteiger partial charge in [-0.1, -0.05) is 12.1 Å². The smallest absolute Gasteiger partial charge is 0.196 e. The Hall–Kier alpha value is -1.81. The molecule has 0 saturated carbocycles. The average Bonchev–Trinajstić information content (AvgIpc) is 2.82. The van der Waals surface area contributed by atoms with Crippen LogP contribution in [0.3, 0.4) is 0 Å². The zero-order chi connectivity index (χ0) is 13.7. The van der Waals surface area contributed by atoms with E-state index in [2.05, 4.69) is 45.9 Å². The molecule has 0 unspecified atom stereocenters. The number of fused-ring (bicyclic) bond motifs is 1. The Labute approximate surface area is 116 Å². The number of aromatic nitrogens is 2. The van der Waals surface area contributed by atoms with Crippen molar-refractivity contribution in [3.63, 3.8) is 0 Å². The fraction of sp³-hybridized carbons (Fsp3) is 0.267. The maximum absolute atomic E-state index is 6.28. The highest BCUT2D eigenvalue weighted by Crippen LogP contribution is 2.32. The molecule has 0 atom stereocenters. The van der Waals surface area contributed by atoms with Gasteiger partial charge in [-0.2, -0.15) is 0 Å². The Bertz CT molecular complexity index is 780. The van der Waals surface area contributed by atoms with Gasteiger partial charge >= 0.3 is 0 Å². The van der Waals surface area contributed by atoms with E-state index in [1.165, 1.54) is 21.7 Å². The molecule has 0 aliphatic rings. The number of hydrogen-bond acceptors (Lipinski definition) is 3. The van der Waals surface area contributed by atoms with Crippen LogP contribution in [0.5, 0.6) is 0 Å². The Morgan fingerprint density at radius 2 is 1.84 bits per heavy atom. The summed E-state index contributed by atoms with van der Waals surface area (Å²) in [5.41, 5.74) is 12.0. The van der Waals surface area contributed by atoms with Crippen LogP contribution in [-0.4, -0.2) is 9.38 Å². The van der Waals surface area contributed by atoms with Gasteiger partial charge in [0.05, 0.1) is 0 Å². The molecule has 0 amide bonds. The SMILES string of the molecule is Cc1ccc(-c2nc3sc(C)c(C)n3c2N)cc1C. The lowest BCUT2D eigenvalue weighted by Gasteiger charge is -2.04. The van der Waals surface area contributed by atoms with Crippen molar-refractivity contribution in [3.05, 3.63) is 39.9 Å². The maximum atomic E-state index is 6.28. The molecule has 0 saturated heterocycles. The highest BCUT2D eigenvalue weighted by atomic mass is 32.1. The monoisotopic (exact) mass is 271 g/mol. The molecule has 0 fully saturated rings. The molecule has 3 nitrogen and oxygen atoms in total. The van der Waals surface area contributed by atoms with E-state index < -0.39 is 0 Å². The van der Waals surface area contributed by atoms with Crippen LogP contribution in [0.4, 0.5) is 5.82 Å². The highest BCUT2D eigenvalue weighted by Gasteiger charge is 2.16. The van der Waals surface area contributed by atoms with Crippen LogP contribution >= 0.6 is 11.3 Å². The van der Waals surface area contributed by atoms with Gasteiger partial charge in [-0.15, -0.1) is 11.3 Å². The normalized spacial score (nSPS) is 11.4. The summed E-state index contributed by atoms with van der Waals surface area (Å²) in [7, 11) is 0. The largest absolute Gasteiger partial charge is 0.383 e. The summed E-state index contributed by atoms with van der Waals surface area (Å²) in [4.78, 5) is 6.93. The van der Waals surface area contributed by atoms with Gasteiger partial charge in [-0.05, 0) is 44.9 Å². The predicted octanol–water partition coefficient (Wildman–Crippen LogP) is 3.88. The van der Waals surface area contributed by atoms with Crippen LogP contribution in [0, 0.1) is 27.7 Å². The molecular weight excluding hydrogens is 254 g/mol.